The van der Waals surface area contributed by atoms with Crippen molar-refractivity contribution < 1.29 is 0 Å². The molecule has 0 aliphatic carbocycles. The van der Waals surface area contributed by atoms with Crippen molar-refractivity contribution in [3.05, 3.63) is 66.7 Å². The number of hydrogen-bond donors (Lipinski definition) is 1. The predicted molar refractivity (Wildman–Crippen MR) is 98.3 cm³/mol. The molecular weight excluding hydrogens is 425 g/mol. The van der Waals surface area contributed by atoms with Gasteiger partial charge in [-0.1, -0.05) is 40.2 Å². The third-order valence-electron chi connectivity index (χ3n) is 3.56. The number of aryl methyl sites for hydroxylation is 2. The lowest BCUT2D eigenvalue weighted by Crippen LogP contribution is -2.19. The predicted octanol–water partition coefficient (Wildman–Crippen LogP) is 5.17. The minimum Gasteiger partial charge on any atom is -0.313 e. The number of likely N-dealkylation sites (N-methyl/N-ethyl adjacent to an activating group) is 1. The number of benzene rings is 2. The molecule has 0 radical (unpaired) electrons. The van der Waals surface area contributed by atoms with Crippen molar-refractivity contribution in [2.75, 3.05) is 7.05 Å². The Bertz CT molecular complexity index is 569. The molecule has 0 aromatic heterocycles. The summed E-state index contributed by atoms with van der Waals surface area (Å²) in [6, 6.07) is 13.6. The number of halogens is 2. The lowest BCUT2D eigenvalue weighted by Gasteiger charge is -2.19. The summed E-state index contributed by atoms with van der Waals surface area (Å²) in [4.78, 5) is 0. The van der Waals surface area contributed by atoms with Gasteiger partial charge < -0.3 is 5.32 Å². The van der Waals surface area contributed by atoms with Gasteiger partial charge in [0, 0.05) is 14.1 Å². The molecule has 0 heterocycles. The summed E-state index contributed by atoms with van der Waals surface area (Å²) >= 11 is 5.98. The number of nitrogens with one attached hydrogen (secondary N) is 1. The minimum absolute atomic E-state index is 0.348. The standard InChI is InChI=1S/C17H19BrIN/c1-11-8-14(9-12(2)17(11)18)16(20-3)10-13-4-6-15(19)7-5-13/h4-9,16,20H,10H2,1-3H3. The van der Waals surface area contributed by atoms with Crippen molar-refractivity contribution in [3.8, 4) is 0 Å². The summed E-state index contributed by atoms with van der Waals surface area (Å²) in [6.45, 7) is 4.30. The Morgan fingerprint density at radius 1 is 1.10 bits per heavy atom. The Labute approximate surface area is 143 Å². The van der Waals surface area contributed by atoms with E-state index in [1.54, 1.807) is 0 Å². The first-order valence-corrected chi connectivity index (χ1v) is 8.56. The van der Waals surface area contributed by atoms with Crippen LogP contribution in [0.3, 0.4) is 0 Å². The summed E-state index contributed by atoms with van der Waals surface area (Å²) in [5.74, 6) is 0. The minimum atomic E-state index is 0.348. The van der Waals surface area contributed by atoms with E-state index in [1.807, 2.05) is 7.05 Å². The van der Waals surface area contributed by atoms with Crippen molar-refractivity contribution in [2.45, 2.75) is 26.3 Å². The van der Waals surface area contributed by atoms with E-state index >= 15 is 0 Å². The lowest BCUT2D eigenvalue weighted by atomic mass is 9.96. The molecule has 0 bridgehead atoms. The van der Waals surface area contributed by atoms with Gasteiger partial charge in [0.15, 0.2) is 0 Å². The molecule has 2 aromatic rings. The molecule has 1 unspecified atom stereocenters. The largest absolute Gasteiger partial charge is 0.313 e. The Kier molecular flexibility index (Phi) is 5.64. The van der Waals surface area contributed by atoms with Crippen LogP contribution in [0.4, 0.5) is 0 Å². The fourth-order valence-corrected chi connectivity index (χ4v) is 3.01. The first kappa shape index (κ1) is 16.0. The molecule has 0 aliphatic rings. The van der Waals surface area contributed by atoms with Crippen LogP contribution in [0.25, 0.3) is 0 Å². The van der Waals surface area contributed by atoms with Crippen molar-refractivity contribution >= 4 is 38.5 Å². The van der Waals surface area contributed by atoms with Crippen LogP contribution < -0.4 is 5.32 Å². The maximum Gasteiger partial charge on any atom is 0.0358 e. The van der Waals surface area contributed by atoms with E-state index in [0.29, 0.717) is 6.04 Å². The van der Waals surface area contributed by atoms with Crippen LogP contribution in [0.1, 0.15) is 28.3 Å². The van der Waals surface area contributed by atoms with E-state index in [9.17, 15) is 0 Å². The van der Waals surface area contributed by atoms with E-state index in [4.69, 9.17) is 0 Å². The van der Waals surface area contributed by atoms with Gasteiger partial charge in [-0.05, 0) is 84.3 Å². The zero-order valence-corrected chi connectivity index (χ0v) is 15.7. The molecule has 3 heteroatoms. The third-order valence-corrected chi connectivity index (χ3v) is 5.53. The van der Waals surface area contributed by atoms with Crippen LogP contribution >= 0.6 is 38.5 Å². The Morgan fingerprint density at radius 3 is 2.15 bits per heavy atom. The molecule has 0 spiro atoms. The fraction of sp³-hybridized carbons (Fsp3) is 0.294. The second-order valence-corrected chi connectivity index (χ2v) is 7.18. The molecule has 1 atom stereocenters. The normalized spacial score (nSPS) is 12.4. The summed E-state index contributed by atoms with van der Waals surface area (Å²) in [5, 5.41) is 3.44. The van der Waals surface area contributed by atoms with E-state index in [-0.39, 0.29) is 0 Å². The van der Waals surface area contributed by atoms with Gasteiger partial charge >= 0.3 is 0 Å². The van der Waals surface area contributed by atoms with Gasteiger partial charge in [-0.15, -0.1) is 0 Å². The summed E-state index contributed by atoms with van der Waals surface area (Å²) < 4.78 is 2.49. The van der Waals surface area contributed by atoms with E-state index in [1.165, 1.54) is 30.3 Å². The van der Waals surface area contributed by atoms with Crippen LogP contribution in [0.5, 0.6) is 0 Å². The van der Waals surface area contributed by atoms with Crippen LogP contribution in [-0.4, -0.2) is 7.05 Å². The maximum absolute atomic E-state index is 3.64. The highest BCUT2D eigenvalue weighted by molar-refractivity contribution is 14.1. The maximum atomic E-state index is 3.64. The van der Waals surface area contributed by atoms with Gasteiger partial charge in [-0.25, -0.2) is 0 Å². The number of hydrogen-bond acceptors (Lipinski definition) is 1. The highest BCUT2D eigenvalue weighted by Crippen LogP contribution is 2.27. The van der Waals surface area contributed by atoms with Crippen molar-refractivity contribution in [3.63, 3.8) is 0 Å². The molecule has 0 saturated carbocycles. The van der Waals surface area contributed by atoms with E-state index in [2.05, 4.69) is 94.1 Å². The van der Waals surface area contributed by atoms with Gasteiger partial charge in [0.25, 0.3) is 0 Å². The lowest BCUT2D eigenvalue weighted by molar-refractivity contribution is 0.591. The summed E-state index contributed by atoms with van der Waals surface area (Å²) in [6.07, 6.45) is 1.01. The fourth-order valence-electron chi connectivity index (χ4n) is 2.42. The second kappa shape index (κ2) is 7.05. The van der Waals surface area contributed by atoms with Crippen LogP contribution in [-0.2, 0) is 6.42 Å². The summed E-state index contributed by atoms with van der Waals surface area (Å²) in [5.41, 5.74) is 5.30. The molecule has 2 rings (SSSR count). The quantitative estimate of drug-likeness (QED) is 0.642. The molecule has 0 saturated heterocycles. The molecular formula is C17H19BrIN. The molecule has 1 nitrogen and oxygen atoms in total. The third kappa shape index (κ3) is 3.83. The zero-order chi connectivity index (χ0) is 14.7. The molecule has 0 amide bonds. The van der Waals surface area contributed by atoms with Crippen molar-refractivity contribution in [1.82, 2.24) is 5.32 Å². The summed E-state index contributed by atoms with van der Waals surface area (Å²) in [7, 11) is 2.03. The molecule has 20 heavy (non-hydrogen) atoms. The van der Waals surface area contributed by atoms with Gasteiger partial charge in [0.1, 0.15) is 0 Å². The highest BCUT2D eigenvalue weighted by atomic mass is 127. The molecule has 0 aliphatic heterocycles. The van der Waals surface area contributed by atoms with E-state index in [0.717, 1.165) is 6.42 Å². The van der Waals surface area contributed by atoms with Crippen LogP contribution in [0.2, 0.25) is 0 Å². The van der Waals surface area contributed by atoms with Gasteiger partial charge in [-0.2, -0.15) is 0 Å². The van der Waals surface area contributed by atoms with Crippen molar-refractivity contribution in [1.29, 1.82) is 0 Å². The van der Waals surface area contributed by atoms with Crippen LogP contribution in [0, 0.1) is 17.4 Å². The molecule has 1 N–H and O–H groups in total. The van der Waals surface area contributed by atoms with Gasteiger partial charge in [0.05, 0.1) is 0 Å². The smallest absolute Gasteiger partial charge is 0.0358 e. The topological polar surface area (TPSA) is 12.0 Å². The van der Waals surface area contributed by atoms with Crippen LogP contribution in [0.15, 0.2) is 40.9 Å². The van der Waals surface area contributed by atoms with Gasteiger partial charge in [0.2, 0.25) is 0 Å². The zero-order valence-electron chi connectivity index (χ0n) is 12.0. The average molecular weight is 444 g/mol. The molecule has 106 valence electrons. The second-order valence-electron chi connectivity index (χ2n) is 5.14. The first-order chi connectivity index (χ1) is 9.51. The molecule has 0 fully saturated rings. The monoisotopic (exact) mass is 443 g/mol. The SMILES string of the molecule is CNC(Cc1ccc(I)cc1)c1cc(C)c(Br)c(C)c1. The first-order valence-electron chi connectivity index (χ1n) is 6.69. The Balaban J connectivity index is 2.26. The number of rotatable bonds is 4. The Hall–Kier alpha value is -0.390. The van der Waals surface area contributed by atoms with E-state index < -0.39 is 0 Å². The highest BCUT2D eigenvalue weighted by Gasteiger charge is 2.12. The van der Waals surface area contributed by atoms with Crippen molar-refractivity contribution in [2.24, 2.45) is 0 Å². The Morgan fingerprint density at radius 2 is 1.65 bits per heavy atom. The average Bonchev–Trinajstić information content (AvgIpc) is 2.43. The van der Waals surface area contributed by atoms with Gasteiger partial charge in [-0.3, -0.25) is 0 Å². The molecule has 2 aromatic carbocycles.